The van der Waals surface area contributed by atoms with Gasteiger partial charge in [0.25, 0.3) is 11.6 Å². The van der Waals surface area contributed by atoms with Gasteiger partial charge in [0.1, 0.15) is 5.52 Å². The van der Waals surface area contributed by atoms with Crippen molar-refractivity contribution < 1.29 is 13.7 Å². The largest absolute Gasteiger partial charge is 0.440 e. The monoisotopic (exact) mass is 416 g/mol. The molecule has 148 valence electrons. The molecule has 30 heavy (non-hydrogen) atoms. The Hall–Kier alpha value is -3.52. The number of carbonyl (C=O) groups is 1. The summed E-state index contributed by atoms with van der Waals surface area (Å²) in [5.41, 5.74) is 4.26. The van der Waals surface area contributed by atoms with Crippen LogP contribution in [0.4, 0.5) is 5.69 Å². The van der Waals surface area contributed by atoms with Crippen molar-refractivity contribution in [1.29, 1.82) is 0 Å². The first-order valence-corrected chi connectivity index (χ1v) is 10.6. The maximum absolute atomic E-state index is 13.2. The molecular formula is C22H16N4O3S. The van der Waals surface area contributed by atoms with Crippen LogP contribution in [0.3, 0.4) is 0 Å². The second kappa shape index (κ2) is 6.50. The number of pyridine rings is 1. The van der Waals surface area contributed by atoms with Crippen LogP contribution in [-0.2, 0) is 0 Å². The Bertz CT molecular complexity index is 1410. The smallest absolute Gasteiger partial charge is 0.259 e. The molecule has 1 aliphatic carbocycles. The van der Waals surface area contributed by atoms with Gasteiger partial charge in [-0.3, -0.25) is 4.79 Å². The molecule has 8 heteroatoms. The normalized spacial score (nSPS) is 13.9. The van der Waals surface area contributed by atoms with E-state index in [9.17, 15) is 4.79 Å². The summed E-state index contributed by atoms with van der Waals surface area (Å²) in [6, 6.07) is 11.2. The maximum atomic E-state index is 13.2. The molecule has 0 atom stereocenters. The van der Waals surface area contributed by atoms with Crippen LogP contribution in [0.5, 0.6) is 0 Å². The molecule has 1 fully saturated rings. The number of benzene rings is 1. The van der Waals surface area contributed by atoms with Crippen LogP contribution >= 0.6 is 11.3 Å². The highest BCUT2D eigenvalue weighted by molar-refractivity contribution is 7.13. The van der Waals surface area contributed by atoms with Crippen molar-refractivity contribution in [1.82, 2.24) is 15.1 Å². The molecule has 0 saturated heterocycles. The highest BCUT2D eigenvalue weighted by Gasteiger charge is 2.29. The Morgan fingerprint density at radius 3 is 2.90 bits per heavy atom. The predicted molar refractivity (Wildman–Crippen MR) is 114 cm³/mol. The van der Waals surface area contributed by atoms with Crippen LogP contribution in [0.1, 0.15) is 40.7 Å². The number of rotatable bonds is 4. The summed E-state index contributed by atoms with van der Waals surface area (Å²) in [6.45, 7) is 1.80. The lowest BCUT2D eigenvalue weighted by Gasteiger charge is -2.07. The van der Waals surface area contributed by atoms with Gasteiger partial charge in [-0.15, -0.1) is 11.3 Å². The first-order chi connectivity index (χ1) is 14.7. The van der Waals surface area contributed by atoms with Crippen molar-refractivity contribution in [2.45, 2.75) is 25.7 Å². The number of nitrogens with zero attached hydrogens (tertiary/aromatic N) is 3. The van der Waals surface area contributed by atoms with Crippen molar-refractivity contribution >= 4 is 45.1 Å². The van der Waals surface area contributed by atoms with Gasteiger partial charge >= 0.3 is 0 Å². The van der Waals surface area contributed by atoms with E-state index >= 15 is 0 Å². The van der Waals surface area contributed by atoms with Gasteiger partial charge in [0, 0.05) is 11.6 Å². The molecule has 0 bridgehead atoms. The van der Waals surface area contributed by atoms with E-state index in [0.717, 1.165) is 34.7 Å². The second-order valence-corrected chi connectivity index (χ2v) is 8.39. The van der Waals surface area contributed by atoms with Gasteiger partial charge in [-0.1, -0.05) is 11.2 Å². The van der Waals surface area contributed by atoms with Gasteiger partial charge < -0.3 is 14.3 Å². The van der Waals surface area contributed by atoms with Crippen LogP contribution < -0.4 is 5.32 Å². The molecule has 0 aliphatic heterocycles. The number of nitrogens with one attached hydrogen (secondary N) is 1. The maximum Gasteiger partial charge on any atom is 0.259 e. The fraction of sp³-hybridized carbons (Fsp3) is 0.182. The van der Waals surface area contributed by atoms with Crippen LogP contribution in [0.25, 0.3) is 32.8 Å². The second-order valence-electron chi connectivity index (χ2n) is 7.44. The summed E-state index contributed by atoms with van der Waals surface area (Å²) >= 11 is 1.55. The molecular weight excluding hydrogens is 400 g/mol. The van der Waals surface area contributed by atoms with Gasteiger partial charge in [-0.05, 0) is 55.5 Å². The summed E-state index contributed by atoms with van der Waals surface area (Å²) in [6.07, 6.45) is 2.25. The average molecular weight is 416 g/mol. The van der Waals surface area contributed by atoms with Crippen molar-refractivity contribution in [3.63, 3.8) is 0 Å². The summed E-state index contributed by atoms with van der Waals surface area (Å²) in [4.78, 5) is 23.3. The summed E-state index contributed by atoms with van der Waals surface area (Å²) in [5.74, 6) is 0.967. The Kier molecular flexibility index (Phi) is 3.76. The highest BCUT2D eigenvalue weighted by Crippen LogP contribution is 2.40. The van der Waals surface area contributed by atoms with Crippen LogP contribution in [0.15, 0.2) is 50.7 Å². The van der Waals surface area contributed by atoms with E-state index in [4.69, 9.17) is 8.94 Å². The van der Waals surface area contributed by atoms with Crippen LogP contribution in [-0.4, -0.2) is 21.0 Å². The van der Waals surface area contributed by atoms with Crippen molar-refractivity contribution in [2.24, 2.45) is 0 Å². The Labute approximate surface area is 174 Å². The van der Waals surface area contributed by atoms with Crippen LogP contribution in [0, 0.1) is 6.92 Å². The van der Waals surface area contributed by atoms with Gasteiger partial charge in [-0.25, -0.2) is 9.97 Å². The lowest BCUT2D eigenvalue weighted by molar-refractivity contribution is 0.102. The van der Waals surface area contributed by atoms with E-state index in [1.165, 1.54) is 0 Å². The number of anilines is 1. The molecule has 1 saturated carbocycles. The van der Waals surface area contributed by atoms with E-state index in [2.05, 4.69) is 20.4 Å². The Morgan fingerprint density at radius 1 is 1.20 bits per heavy atom. The molecule has 5 aromatic rings. The molecule has 7 nitrogen and oxygen atoms in total. The van der Waals surface area contributed by atoms with Crippen molar-refractivity contribution in [3.05, 3.63) is 58.9 Å². The summed E-state index contributed by atoms with van der Waals surface area (Å²) in [7, 11) is 0. The summed E-state index contributed by atoms with van der Waals surface area (Å²) < 4.78 is 11.2. The summed E-state index contributed by atoms with van der Waals surface area (Å²) in [5, 5.41) is 9.55. The van der Waals surface area contributed by atoms with Crippen molar-refractivity contribution in [3.8, 4) is 10.6 Å². The number of hydrogen-bond acceptors (Lipinski definition) is 7. The number of carbonyl (C=O) groups excluding carboxylic acids is 1. The highest BCUT2D eigenvalue weighted by atomic mass is 32.1. The predicted octanol–water partition coefficient (Wildman–Crippen LogP) is 5.53. The van der Waals surface area contributed by atoms with E-state index in [1.807, 2.05) is 35.7 Å². The van der Waals surface area contributed by atoms with Gasteiger partial charge in [0.05, 0.1) is 27.2 Å². The van der Waals surface area contributed by atoms with Gasteiger partial charge in [0.15, 0.2) is 11.5 Å². The van der Waals surface area contributed by atoms with Gasteiger partial charge in [-0.2, -0.15) is 0 Å². The third-order valence-corrected chi connectivity index (χ3v) is 6.12. The average Bonchev–Trinajstić information content (AvgIpc) is 3.14. The molecule has 4 heterocycles. The minimum Gasteiger partial charge on any atom is -0.440 e. The fourth-order valence-corrected chi connectivity index (χ4v) is 4.24. The first kappa shape index (κ1) is 17.3. The number of hydrogen-bond donors (Lipinski definition) is 1. The van der Waals surface area contributed by atoms with E-state index < -0.39 is 0 Å². The molecule has 0 unspecified atom stereocenters. The molecule has 1 N–H and O–H groups in total. The molecule has 0 spiro atoms. The zero-order valence-electron chi connectivity index (χ0n) is 16.0. The number of aryl methyl sites for hydroxylation is 1. The zero-order chi connectivity index (χ0) is 20.2. The lowest BCUT2D eigenvalue weighted by Crippen LogP contribution is -2.13. The molecule has 1 aromatic carbocycles. The van der Waals surface area contributed by atoms with Gasteiger partial charge in [0.2, 0.25) is 0 Å². The Morgan fingerprint density at radius 2 is 2.10 bits per heavy atom. The van der Waals surface area contributed by atoms with E-state index in [0.29, 0.717) is 39.7 Å². The third-order valence-electron chi connectivity index (χ3n) is 5.22. The van der Waals surface area contributed by atoms with Crippen molar-refractivity contribution in [2.75, 3.05) is 5.32 Å². The fourth-order valence-electron chi connectivity index (χ4n) is 3.55. The molecule has 1 aliphatic rings. The molecule has 0 radical (unpaired) electrons. The minimum atomic E-state index is -0.253. The molecule has 6 rings (SSSR count). The SMILES string of the molecule is Cc1noc2nc(-c3cccs3)cc(C(=O)Nc3ccc4oc(C5CC5)nc4c3)c12. The number of amides is 1. The Balaban J connectivity index is 1.39. The lowest BCUT2D eigenvalue weighted by atomic mass is 10.1. The standard InChI is InChI=1S/C22H16N4O3S/c1-11-19-14(10-16(18-3-2-8-30-18)25-22(19)29-26-11)20(27)23-13-6-7-17-15(9-13)24-21(28-17)12-4-5-12/h2-3,6-10,12H,4-5H2,1H3,(H,23,27). The molecule has 4 aromatic heterocycles. The number of oxazole rings is 1. The van der Waals surface area contributed by atoms with E-state index in [1.54, 1.807) is 24.3 Å². The zero-order valence-corrected chi connectivity index (χ0v) is 16.8. The number of aromatic nitrogens is 3. The topological polar surface area (TPSA) is 94.0 Å². The minimum absolute atomic E-state index is 0.253. The van der Waals surface area contributed by atoms with E-state index in [-0.39, 0.29) is 5.91 Å². The number of thiophene rings is 1. The number of fused-ring (bicyclic) bond motifs is 2. The molecule has 1 amide bonds. The third kappa shape index (κ3) is 2.88. The quantitative estimate of drug-likeness (QED) is 0.414. The first-order valence-electron chi connectivity index (χ1n) is 9.68. The van der Waals surface area contributed by atoms with Crippen LogP contribution in [0.2, 0.25) is 0 Å².